The first-order chi connectivity index (χ1) is 10.6. The predicted molar refractivity (Wildman–Crippen MR) is 89.4 cm³/mol. The molecule has 0 radical (unpaired) electrons. The Hall–Kier alpha value is -0.860. The number of hydrogen-bond donors (Lipinski definition) is 0. The van der Waals surface area contributed by atoms with Gasteiger partial charge in [0.1, 0.15) is 0 Å². The van der Waals surface area contributed by atoms with Gasteiger partial charge in [0.2, 0.25) is 0 Å². The molecule has 3 rings (SSSR count). The van der Waals surface area contributed by atoms with Gasteiger partial charge in [-0.1, -0.05) is 50.0 Å². The zero-order valence-electron chi connectivity index (χ0n) is 11.4. The first-order valence-corrected chi connectivity index (χ1v) is 8.43. The topological polar surface area (TPSA) is 30.7 Å². The summed E-state index contributed by atoms with van der Waals surface area (Å²) in [6.45, 7) is 3.72. The van der Waals surface area contributed by atoms with Crippen LogP contribution in [0.1, 0.15) is 29.2 Å². The summed E-state index contributed by atoms with van der Waals surface area (Å²) in [5.41, 5.74) is 0.671. The summed E-state index contributed by atoms with van der Waals surface area (Å²) in [4.78, 5) is 3.81. The molecule has 0 amide bonds. The Morgan fingerprint density at radius 3 is 2.57 bits per heavy atom. The Kier molecular flexibility index (Phi) is 4.13. The third-order valence-electron chi connectivity index (χ3n) is 3.53. The molecule has 1 aliphatic carbocycles. The van der Waals surface area contributed by atoms with E-state index in [1.807, 2.05) is 0 Å². The number of nitrogens with zero attached hydrogens (tertiary/aromatic N) is 3. The molecule has 9 heteroatoms. The van der Waals surface area contributed by atoms with E-state index in [4.69, 9.17) is 11.6 Å². The van der Waals surface area contributed by atoms with Gasteiger partial charge in [-0.05, 0) is 18.6 Å². The van der Waals surface area contributed by atoms with Crippen molar-refractivity contribution in [2.45, 2.75) is 21.7 Å². The lowest BCUT2D eigenvalue weighted by molar-refractivity contribution is -0.137. The molecule has 1 aliphatic rings. The van der Waals surface area contributed by atoms with Crippen LogP contribution in [0.4, 0.5) is 13.2 Å². The molecule has 0 aromatic carbocycles. The van der Waals surface area contributed by atoms with Crippen molar-refractivity contribution in [2.75, 3.05) is 0 Å². The van der Waals surface area contributed by atoms with Gasteiger partial charge in [-0.25, -0.2) is 9.67 Å². The van der Waals surface area contributed by atoms with Crippen molar-refractivity contribution < 1.29 is 13.2 Å². The third kappa shape index (κ3) is 3.21. The summed E-state index contributed by atoms with van der Waals surface area (Å²) >= 11 is 13.0. The zero-order chi connectivity index (χ0) is 17.0. The van der Waals surface area contributed by atoms with E-state index in [1.54, 1.807) is 12.3 Å². The molecule has 23 heavy (non-hydrogen) atoms. The van der Waals surface area contributed by atoms with E-state index in [-0.39, 0.29) is 20.0 Å². The lowest BCUT2D eigenvalue weighted by atomic mass is 10.1. The fraction of sp³-hybridized carbons (Fsp3) is 0.286. The fourth-order valence-corrected chi connectivity index (χ4v) is 3.63. The minimum Gasteiger partial charge on any atom is -0.235 e. The van der Waals surface area contributed by atoms with Crippen LogP contribution in [0.25, 0.3) is 11.9 Å². The first-order valence-electron chi connectivity index (χ1n) is 6.46. The van der Waals surface area contributed by atoms with Gasteiger partial charge in [-0.15, -0.1) is 0 Å². The fourth-order valence-electron chi connectivity index (χ4n) is 2.24. The SMILES string of the molecule is C=Cc1nn(-c2ncc(C(F)(F)F)cc2Cl)cc1C1CC1(Br)Br. The second-order valence-electron chi connectivity index (χ2n) is 5.16. The molecule has 1 atom stereocenters. The van der Waals surface area contributed by atoms with E-state index >= 15 is 0 Å². The van der Waals surface area contributed by atoms with Gasteiger partial charge >= 0.3 is 6.18 Å². The van der Waals surface area contributed by atoms with Gasteiger partial charge in [0.05, 0.1) is 19.5 Å². The summed E-state index contributed by atoms with van der Waals surface area (Å²) in [7, 11) is 0. The molecule has 0 saturated heterocycles. The van der Waals surface area contributed by atoms with Crippen LogP contribution in [-0.2, 0) is 6.18 Å². The second-order valence-corrected chi connectivity index (χ2v) is 9.46. The Morgan fingerprint density at radius 1 is 1.43 bits per heavy atom. The lowest BCUT2D eigenvalue weighted by Crippen LogP contribution is -2.08. The van der Waals surface area contributed by atoms with E-state index in [0.29, 0.717) is 5.69 Å². The highest BCUT2D eigenvalue weighted by Crippen LogP contribution is 2.62. The van der Waals surface area contributed by atoms with E-state index in [1.165, 1.54) is 4.68 Å². The predicted octanol–water partition coefficient (Wildman–Crippen LogP) is 5.56. The number of rotatable bonds is 3. The number of aromatic nitrogens is 3. The van der Waals surface area contributed by atoms with E-state index < -0.39 is 11.7 Å². The van der Waals surface area contributed by atoms with E-state index in [2.05, 4.69) is 48.5 Å². The molecule has 0 spiro atoms. The number of alkyl halides is 5. The molecular weight excluding hydrogens is 462 g/mol. The van der Waals surface area contributed by atoms with Crippen molar-refractivity contribution >= 4 is 49.5 Å². The smallest absolute Gasteiger partial charge is 0.235 e. The van der Waals surface area contributed by atoms with Gasteiger partial charge in [-0.2, -0.15) is 18.3 Å². The Bertz CT molecular complexity index is 786. The third-order valence-corrected chi connectivity index (χ3v) is 5.56. The molecular formula is C14H9Br2ClF3N3. The highest BCUT2D eigenvalue weighted by molar-refractivity contribution is 9.25. The van der Waals surface area contributed by atoms with Crippen LogP contribution in [0.2, 0.25) is 5.02 Å². The maximum Gasteiger partial charge on any atom is 0.417 e. The van der Waals surface area contributed by atoms with E-state index in [0.717, 1.165) is 24.2 Å². The van der Waals surface area contributed by atoms with Crippen molar-refractivity contribution in [1.82, 2.24) is 14.8 Å². The Balaban J connectivity index is 2.01. The summed E-state index contributed by atoms with van der Waals surface area (Å²) in [6.07, 6.45) is 0.433. The molecule has 2 aromatic rings. The minimum atomic E-state index is -4.49. The van der Waals surface area contributed by atoms with Crippen molar-refractivity contribution in [3.63, 3.8) is 0 Å². The first kappa shape index (κ1) is 17.0. The second kappa shape index (κ2) is 5.60. The molecule has 2 aromatic heterocycles. The van der Waals surface area contributed by atoms with Crippen LogP contribution in [0.3, 0.4) is 0 Å². The van der Waals surface area contributed by atoms with Crippen LogP contribution >= 0.6 is 43.5 Å². The minimum absolute atomic E-state index is 0.121. The Labute approximate surface area is 151 Å². The molecule has 122 valence electrons. The normalized spacial score (nSPS) is 19.7. The van der Waals surface area contributed by atoms with Crippen molar-refractivity contribution in [2.24, 2.45) is 0 Å². The largest absolute Gasteiger partial charge is 0.417 e. The highest BCUT2D eigenvalue weighted by atomic mass is 79.9. The lowest BCUT2D eigenvalue weighted by Gasteiger charge is -2.08. The average molecular weight is 472 g/mol. The van der Waals surface area contributed by atoms with Gasteiger partial charge in [0.25, 0.3) is 0 Å². The quantitative estimate of drug-likeness (QED) is 0.549. The number of halogens is 6. The summed E-state index contributed by atoms with van der Waals surface area (Å²) in [5, 5.41) is 4.19. The monoisotopic (exact) mass is 469 g/mol. The van der Waals surface area contributed by atoms with Gasteiger partial charge in [0.15, 0.2) is 5.82 Å². The van der Waals surface area contributed by atoms with Gasteiger partial charge in [-0.3, -0.25) is 0 Å². The van der Waals surface area contributed by atoms with Gasteiger partial charge < -0.3 is 0 Å². The van der Waals surface area contributed by atoms with Crippen molar-refractivity contribution in [1.29, 1.82) is 0 Å². The molecule has 1 fully saturated rings. The summed E-state index contributed by atoms with van der Waals surface area (Å²) < 4.78 is 39.2. The highest BCUT2D eigenvalue weighted by Gasteiger charge is 2.52. The van der Waals surface area contributed by atoms with Crippen LogP contribution in [-0.4, -0.2) is 18.0 Å². The molecule has 3 nitrogen and oxygen atoms in total. The van der Waals surface area contributed by atoms with Crippen LogP contribution in [0, 0.1) is 0 Å². The molecule has 0 aliphatic heterocycles. The van der Waals surface area contributed by atoms with Crippen molar-refractivity contribution in [3.05, 3.63) is 46.9 Å². The molecule has 1 saturated carbocycles. The van der Waals surface area contributed by atoms with Crippen molar-refractivity contribution in [3.8, 4) is 5.82 Å². The summed E-state index contributed by atoms with van der Waals surface area (Å²) in [6, 6.07) is 0.842. The average Bonchev–Trinajstić information content (AvgIpc) is 2.91. The molecule has 2 heterocycles. The zero-order valence-corrected chi connectivity index (χ0v) is 15.3. The van der Waals surface area contributed by atoms with Crippen LogP contribution < -0.4 is 0 Å². The maximum atomic E-state index is 12.7. The maximum absolute atomic E-state index is 12.7. The summed E-state index contributed by atoms with van der Waals surface area (Å²) in [5.74, 6) is 0.335. The number of pyridine rings is 1. The molecule has 0 bridgehead atoms. The Morgan fingerprint density at radius 2 is 2.09 bits per heavy atom. The van der Waals surface area contributed by atoms with Gasteiger partial charge in [0, 0.05) is 23.9 Å². The molecule has 1 unspecified atom stereocenters. The molecule has 0 N–H and O–H groups in total. The standard InChI is InChI=1S/C14H9Br2ClF3N3/c1-2-11-8(9-4-13(9,15)16)6-23(22-11)12-10(17)3-7(5-21-12)14(18,19)20/h2-3,5-6,9H,1,4H2. The van der Waals surface area contributed by atoms with Crippen LogP contribution in [0.15, 0.2) is 25.0 Å². The van der Waals surface area contributed by atoms with Crippen LogP contribution in [0.5, 0.6) is 0 Å². The van der Waals surface area contributed by atoms with E-state index in [9.17, 15) is 13.2 Å². The number of hydrogen-bond acceptors (Lipinski definition) is 2.